The third-order valence-electron chi connectivity index (χ3n) is 10.4. The van der Waals surface area contributed by atoms with E-state index in [2.05, 4.69) is 9.47 Å². The minimum Gasteiger partial charge on any atom is -0.444 e. The molecule has 2 amide bonds. The Morgan fingerprint density at radius 2 is 0.520 bits per heavy atom. The average Bonchev–Trinajstić information content (AvgIpc) is 3.18. The van der Waals surface area contributed by atoms with Gasteiger partial charge in [-0.15, -0.1) is 0 Å². The van der Waals surface area contributed by atoms with Crippen LogP contribution in [0.5, 0.6) is 0 Å². The summed E-state index contributed by atoms with van der Waals surface area (Å²) in [6.45, 7) is -6.04. The molecule has 0 radical (unpaired) electrons. The number of likely N-dealkylation sites (N-methyl/N-ethyl adjacent to an activating group) is 2. The molecule has 448 valence electrons. The fourth-order valence-electron chi connectivity index (χ4n) is 5.37. The molecular formula is C33H36F34N4O4+2. The Kier molecular flexibility index (Phi) is 20.3. The standard InChI is InChI=1S/C33H34F34N4O4/c1-70(2,12-14-74-16(72)68-8-6-18(34,35)20(38,39)22(42,43)24(46,47)26(50,51)28(54,55)30(58,59)32(62,63)64)10-5-11-71(3,4)13-15-75-17(73)69-9-7-19(36,37)21(40,41)23(44,45)25(48,49)27(52,53)29(56,57)31(60,61)33(65,66)67/h5-15H2,1-4H3/p+2. The summed E-state index contributed by atoms with van der Waals surface area (Å²) in [6, 6.07) is 0. The molecule has 8 nitrogen and oxygen atoms in total. The molecule has 2 N–H and O–H groups in total. The number of quaternary nitrogens is 2. The molecule has 0 bridgehead atoms. The van der Waals surface area contributed by atoms with Gasteiger partial charge in [0.15, 0.2) is 0 Å². The van der Waals surface area contributed by atoms with E-state index < -0.39 is 147 Å². The summed E-state index contributed by atoms with van der Waals surface area (Å²) in [5.74, 6) is -116. The van der Waals surface area contributed by atoms with Crippen molar-refractivity contribution >= 4 is 12.2 Å². The van der Waals surface area contributed by atoms with Crippen LogP contribution in [0.25, 0.3) is 0 Å². The first-order valence-corrected chi connectivity index (χ1v) is 19.3. The van der Waals surface area contributed by atoms with Crippen molar-refractivity contribution in [2.45, 2.75) is 115 Å². The van der Waals surface area contributed by atoms with Gasteiger partial charge in [0, 0.05) is 32.4 Å². The average molecular weight is 1200 g/mol. The van der Waals surface area contributed by atoms with Crippen molar-refractivity contribution in [1.29, 1.82) is 0 Å². The van der Waals surface area contributed by atoms with Crippen molar-refractivity contribution < 1.29 is 177 Å². The van der Waals surface area contributed by atoms with Crippen LogP contribution in [0.3, 0.4) is 0 Å². The zero-order valence-corrected chi connectivity index (χ0v) is 37.2. The summed E-state index contributed by atoms with van der Waals surface area (Å²) in [5.41, 5.74) is 0. The SMILES string of the molecule is C[N+](C)(CCC[N+](C)(C)CCOC(=O)NCCC(F)(F)C(F)(F)C(F)(F)C(F)(F)C(F)(F)C(F)(F)C(F)(F)C(F)(F)F)CCOC(=O)NCCC(F)(F)C(F)(F)C(F)(F)C(F)(F)C(F)(F)C(F)(F)C(F)(F)C(F)(F)F. The highest BCUT2D eigenvalue weighted by atomic mass is 19.4. The first-order chi connectivity index (χ1) is 32.4. The third-order valence-corrected chi connectivity index (χ3v) is 10.4. The van der Waals surface area contributed by atoms with Gasteiger partial charge < -0.3 is 29.1 Å². The highest BCUT2D eigenvalue weighted by molar-refractivity contribution is 5.67. The Bertz CT molecular complexity index is 1800. The van der Waals surface area contributed by atoms with Crippen LogP contribution in [0.1, 0.15) is 19.3 Å². The van der Waals surface area contributed by atoms with Gasteiger partial charge in [0.05, 0.1) is 41.3 Å². The van der Waals surface area contributed by atoms with E-state index in [0.717, 1.165) is 10.6 Å². The smallest absolute Gasteiger partial charge is 0.444 e. The molecule has 0 aromatic heterocycles. The Labute approximate surface area is 396 Å². The molecule has 42 heteroatoms. The molecule has 0 saturated carbocycles. The Balaban J connectivity index is 5.30. The lowest BCUT2D eigenvalue weighted by Gasteiger charge is -2.42. The van der Waals surface area contributed by atoms with Crippen LogP contribution in [-0.4, -0.2) is 197 Å². The predicted molar refractivity (Wildman–Crippen MR) is 178 cm³/mol. The van der Waals surface area contributed by atoms with Crippen LogP contribution in [0, 0.1) is 0 Å². The second-order valence-corrected chi connectivity index (χ2v) is 17.0. The lowest BCUT2D eigenvalue weighted by molar-refractivity contribution is -0.909. The van der Waals surface area contributed by atoms with E-state index in [9.17, 15) is 159 Å². The second kappa shape index (κ2) is 21.4. The minimum atomic E-state index is -8.83. The maximum atomic E-state index is 14.1. The first-order valence-electron chi connectivity index (χ1n) is 19.3. The highest BCUT2D eigenvalue weighted by Crippen LogP contribution is 2.66. The van der Waals surface area contributed by atoms with Gasteiger partial charge >= 0.3 is 107 Å². The summed E-state index contributed by atoms with van der Waals surface area (Å²) >= 11 is 0. The minimum absolute atomic E-state index is 0.0525. The van der Waals surface area contributed by atoms with E-state index in [-0.39, 0.29) is 41.6 Å². The van der Waals surface area contributed by atoms with Gasteiger partial charge in [-0.1, -0.05) is 0 Å². The Hall–Kier alpha value is -3.92. The molecule has 0 rings (SSSR count). The number of carbonyl (C=O) groups is 2. The van der Waals surface area contributed by atoms with E-state index >= 15 is 0 Å². The van der Waals surface area contributed by atoms with Crippen molar-refractivity contribution in [2.24, 2.45) is 0 Å². The van der Waals surface area contributed by atoms with Crippen molar-refractivity contribution in [3.05, 3.63) is 0 Å². The van der Waals surface area contributed by atoms with Crippen molar-refractivity contribution in [2.75, 3.05) is 80.7 Å². The molecule has 0 aliphatic heterocycles. The maximum Gasteiger partial charge on any atom is 0.460 e. The number of amides is 2. The molecule has 75 heavy (non-hydrogen) atoms. The van der Waals surface area contributed by atoms with Gasteiger partial charge in [0.25, 0.3) is 0 Å². The van der Waals surface area contributed by atoms with Gasteiger partial charge in [-0.3, -0.25) is 0 Å². The van der Waals surface area contributed by atoms with Gasteiger partial charge in [-0.05, 0) is 0 Å². The van der Waals surface area contributed by atoms with E-state index in [4.69, 9.17) is 0 Å². The largest absolute Gasteiger partial charge is 0.460 e. The first kappa shape index (κ1) is 71.1. The number of ether oxygens (including phenoxy) is 2. The fraction of sp³-hybridized carbons (Fsp3) is 0.939. The zero-order chi connectivity index (χ0) is 60.8. The molecule has 0 aliphatic rings. The van der Waals surface area contributed by atoms with Crippen LogP contribution < -0.4 is 10.6 Å². The summed E-state index contributed by atoms with van der Waals surface area (Å²) in [5, 5.41) is 2.33. The van der Waals surface area contributed by atoms with Crippen LogP contribution in [0.4, 0.5) is 159 Å². The molecule has 0 atom stereocenters. The Morgan fingerprint density at radius 3 is 0.733 bits per heavy atom. The Morgan fingerprint density at radius 1 is 0.320 bits per heavy atom. The summed E-state index contributed by atoms with van der Waals surface area (Å²) in [6.07, 6.45) is -25.5. The highest BCUT2D eigenvalue weighted by Gasteiger charge is 2.97. The molecular weight excluding hydrogens is 1160 g/mol. The number of hydrogen-bond acceptors (Lipinski definition) is 4. The normalized spacial score (nSPS) is 15.8. The second-order valence-electron chi connectivity index (χ2n) is 17.0. The van der Waals surface area contributed by atoms with E-state index in [1.807, 2.05) is 0 Å². The quantitative estimate of drug-likeness (QED) is 0.0605. The lowest BCUT2D eigenvalue weighted by Crippen LogP contribution is -2.74. The molecule has 0 aliphatic carbocycles. The number of rotatable bonds is 28. The number of nitrogens with one attached hydrogen (secondary N) is 2. The van der Waals surface area contributed by atoms with Gasteiger partial charge in [0.2, 0.25) is 0 Å². The van der Waals surface area contributed by atoms with Crippen molar-refractivity contribution in [3.8, 4) is 0 Å². The lowest BCUT2D eigenvalue weighted by atomic mass is 9.88. The summed E-state index contributed by atoms with van der Waals surface area (Å²) in [4.78, 5) is 23.6. The fourth-order valence-corrected chi connectivity index (χ4v) is 5.37. The maximum absolute atomic E-state index is 14.1. The number of alkyl carbamates (subject to hydrolysis) is 2. The van der Waals surface area contributed by atoms with Gasteiger partial charge in [0.1, 0.15) is 26.3 Å². The molecule has 0 spiro atoms. The van der Waals surface area contributed by atoms with Crippen LogP contribution >= 0.6 is 0 Å². The van der Waals surface area contributed by atoms with Crippen molar-refractivity contribution in [3.63, 3.8) is 0 Å². The van der Waals surface area contributed by atoms with Crippen LogP contribution in [0.15, 0.2) is 0 Å². The van der Waals surface area contributed by atoms with E-state index in [1.165, 1.54) is 28.2 Å². The zero-order valence-electron chi connectivity index (χ0n) is 37.2. The third kappa shape index (κ3) is 13.0. The molecule has 0 unspecified atom stereocenters. The van der Waals surface area contributed by atoms with Crippen LogP contribution in [-0.2, 0) is 9.47 Å². The molecule has 0 aromatic carbocycles. The number of carbonyl (C=O) groups excluding carboxylic acids is 2. The monoisotopic (exact) mass is 1200 g/mol. The molecule has 0 heterocycles. The van der Waals surface area contributed by atoms with Gasteiger partial charge in [-0.2, -0.15) is 149 Å². The molecule has 0 fully saturated rings. The number of alkyl halides is 34. The summed E-state index contributed by atoms with van der Waals surface area (Å²) in [7, 11) is 5.54. The van der Waals surface area contributed by atoms with E-state index in [1.54, 1.807) is 0 Å². The number of hydrogen-bond donors (Lipinski definition) is 2. The number of halogens is 34. The molecule has 0 aromatic rings. The van der Waals surface area contributed by atoms with Crippen molar-refractivity contribution in [1.82, 2.24) is 10.6 Å². The summed E-state index contributed by atoms with van der Waals surface area (Å²) < 4.78 is 465. The van der Waals surface area contributed by atoms with Crippen LogP contribution in [0.2, 0.25) is 0 Å². The molecule has 0 saturated heterocycles. The topological polar surface area (TPSA) is 76.7 Å². The van der Waals surface area contributed by atoms with Gasteiger partial charge in [-0.25, -0.2) is 9.59 Å². The number of nitrogens with zero attached hydrogens (tertiary/aromatic N) is 2. The predicted octanol–water partition coefficient (Wildman–Crippen LogP) is 11.8. The van der Waals surface area contributed by atoms with E-state index in [0.29, 0.717) is 0 Å².